The van der Waals surface area contributed by atoms with Gasteiger partial charge in [0.05, 0.1) is 0 Å². The molecule has 142 valence electrons. The Morgan fingerprint density at radius 1 is 0.680 bits per heavy atom. The summed E-state index contributed by atoms with van der Waals surface area (Å²) in [4.78, 5) is 0. The van der Waals surface area contributed by atoms with Crippen molar-refractivity contribution in [2.24, 2.45) is 35.5 Å². The first kappa shape index (κ1) is 19.2. The van der Waals surface area contributed by atoms with E-state index in [0.717, 1.165) is 35.5 Å². The number of allylic oxidation sites excluding steroid dienone is 3. The molecule has 3 saturated carbocycles. The van der Waals surface area contributed by atoms with Crippen LogP contribution in [0.5, 0.6) is 0 Å². The fourth-order valence-corrected chi connectivity index (χ4v) is 6.39. The summed E-state index contributed by atoms with van der Waals surface area (Å²) >= 11 is 0. The highest BCUT2D eigenvalue weighted by Crippen LogP contribution is 2.46. The molecule has 0 spiro atoms. The van der Waals surface area contributed by atoms with E-state index in [9.17, 15) is 0 Å². The van der Waals surface area contributed by atoms with Gasteiger partial charge in [0.2, 0.25) is 0 Å². The van der Waals surface area contributed by atoms with E-state index in [1.54, 1.807) is 38.5 Å². The van der Waals surface area contributed by atoms with Gasteiger partial charge in [-0.25, -0.2) is 0 Å². The summed E-state index contributed by atoms with van der Waals surface area (Å²) in [6.07, 6.45) is 27.7. The van der Waals surface area contributed by atoms with E-state index in [4.69, 9.17) is 0 Å². The maximum absolute atomic E-state index is 4.01. The topological polar surface area (TPSA) is 0 Å². The molecule has 3 aliphatic carbocycles. The van der Waals surface area contributed by atoms with Crippen molar-refractivity contribution in [3.8, 4) is 0 Å². The molecule has 0 nitrogen and oxygen atoms in total. The minimum atomic E-state index is 0.829. The zero-order chi connectivity index (χ0) is 17.5. The van der Waals surface area contributed by atoms with Gasteiger partial charge in [-0.3, -0.25) is 0 Å². The van der Waals surface area contributed by atoms with E-state index in [1.165, 1.54) is 51.4 Å². The predicted octanol–water partition coefficient (Wildman–Crippen LogP) is 7.95. The molecule has 0 N–H and O–H groups in total. The Bertz CT molecular complexity index is 396. The largest absolute Gasteiger partial charge is 0.103 e. The average Bonchev–Trinajstić information content (AvgIpc) is 2.69. The monoisotopic (exact) mass is 342 g/mol. The van der Waals surface area contributed by atoms with Crippen LogP contribution >= 0.6 is 0 Å². The molecule has 0 saturated heterocycles. The van der Waals surface area contributed by atoms with E-state index in [1.807, 2.05) is 0 Å². The summed E-state index contributed by atoms with van der Waals surface area (Å²) in [5.74, 6) is 6.14. The second-order valence-electron chi connectivity index (χ2n) is 9.51. The normalized spacial score (nSPS) is 40.2. The van der Waals surface area contributed by atoms with E-state index >= 15 is 0 Å². The quantitative estimate of drug-likeness (QED) is 0.430. The Morgan fingerprint density at radius 2 is 1.12 bits per heavy atom. The van der Waals surface area contributed by atoms with Crippen LogP contribution in [0.4, 0.5) is 0 Å². The van der Waals surface area contributed by atoms with Gasteiger partial charge in [0, 0.05) is 0 Å². The summed E-state index contributed by atoms with van der Waals surface area (Å²) in [5.41, 5.74) is 0. The maximum Gasteiger partial charge on any atom is -0.0236 e. The summed E-state index contributed by atoms with van der Waals surface area (Å²) in [5, 5.41) is 0. The number of rotatable bonds is 6. The predicted molar refractivity (Wildman–Crippen MR) is 111 cm³/mol. The molecule has 0 aromatic carbocycles. The second kappa shape index (κ2) is 9.98. The minimum Gasteiger partial charge on any atom is -0.103 e. The van der Waals surface area contributed by atoms with E-state index in [2.05, 4.69) is 31.7 Å². The van der Waals surface area contributed by atoms with Crippen LogP contribution in [0.3, 0.4) is 0 Å². The lowest BCUT2D eigenvalue weighted by atomic mass is 9.65. The van der Waals surface area contributed by atoms with Gasteiger partial charge in [0.25, 0.3) is 0 Å². The highest BCUT2D eigenvalue weighted by molar-refractivity contribution is 4.89. The molecule has 0 aromatic rings. The van der Waals surface area contributed by atoms with Crippen molar-refractivity contribution < 1.29 is 0 Å². The average molecular weight is 343 g/mol. The fourth-order valence-electron chi connectivity index (χ4n) is 6.39. The minimum absolute atomic E-state index is 0.829. The smallest absolute Gasteiger partial charge is 0.0236 e. The van der Waals surface area contributed by atoms with Gasteiger partial charge in [0.15, 0.2) is 0 Å². The first-order chi connectivity index (χ1) is 12.3. The summed E-state index contributed by atoms with van der Waals surface area (Å²) in [6.45, 7) is 6.16. The van der Waals surface area contributed by atoms with E-state index < -0.39 is 0 Å². The van der Waals surface area contributed by atoms with Crippen LogP contribution in [0.2, 0.25) is 0 Å². The van der Waals surface area contributed by atoms with Crippen LogP contribution in [-0.2, 0) is 0 Å². The molecule has 0 atom stereocenters. The molecule has 25 heavy (non-hydrogen) atoms. The highest BCUT2D eigenvalue weighted by Gasteiger charge is 2.34. The lowest BCUT2D eigenvalue weighted by molar-refractivity contribution is 0.107. The van der Waals surface area contributed by atoms with Crippen LogP contribution < -0.4 is 0 Å². The molecule has 0 unspecified atom stereocenters. The van der Waals surface area contributed by atoms with Crippen LogP contribution in [-0.4, -0.2) is 0 Å². The third-order valence-electron chi connectivity index (χ3n) is 8.17. The summed E-state index contributed by atoms with van der Waals surface area (Å²) in [6, 6.07) is 0. The van der Waals surface area contributed by atoms with Crippen LogP contribution in [0, 0.1) is 35.5 Å². The molecule has 0 heterocycles. The summed E-state index contributed by atoms with van der Waals surface area (Å²) in [7, 11) is 0. The van der Waals surface area contributed by atoms with Crippen molar-refractivity contribution in [3.63, 3.8) is 0 Å². The maximum atomic E-state index is 4.01. The molecule has 0 aliphatic heterocycles. The fraction of sp³-hybridized carbons (Fsp3) is 0.840. The molecule has 0 amide bonds. The standard InChI is InChI=1S/C25H42/c1-3-5-6-7-21-10-14-23(15-11-21)25-18-16-24(17-19-25)22-12-8-20(4-2)9-13-22/h3-5,20-25H,2,6-19H2,1H3. The zero-order valence-corrected chi connectivity index (χ0v) is 16.8. The SMILES string of the molecule is C=CC1CCC(C2CCC(C3CCC(CCC=CC)CC3)CC2)CC1. The lowest BCUT2D eigenvalue weighted by Crippen LogP contribution is -2.29. The van der Waals surface area contributed by atoms with Gasteiger partial charge in [0.1, 0.15) is 0 Å². The molecular formula is C25H42. The second-order valence-corrected chi connectivity index (χ2v) is 9.51. The van der Waals surface area contributed by atoms with Gasteiger partial charge in [-0.05, 0) is 119 Å². The van der Waals surface area contributed by atoms with Crippen molar-refractivity contribution in [3.05, 3.63) is 24.8 Å². The Hall–Kier alpha value is -0.520. The van der Waals surface area contributed by atoms with Crippen molar-refractivity contribution in [1.82, 2.24) is 0 Å². The first-order valence-corrected chi connectivity index (χ1v) is 11.5. The Kier molecular flexibility index (Phi) is 7.68. The van der Waals surface area contributed by atoms with E-state index in [0.29, 0.717) is 0 Å². The van der Waals surface area contributed by atoms with Crippen molar-refractivity contribution in [2.75, 3.05) is 0 Å². The van der Waals surface area contributed by atoms with Gasteiger partial charge >= 0.3 is 0 Å². The Labute approximate surface area is 157 Å². The zero-order valence-electron chi connectivity index (χ0n) is 16.8. The molecule has 0 radical (unpaired) electrons. The van der Waals surface area contributed by atoms with Gasteiger partial charge in [-0.15, -0.1) is 6.58 Å². The summed E-state index contributed by atoms with van der Waals surface area (Å²) < 4.78 is 0. The van der Waals surface area contributed by atoms with Crippen LogP contribution in [0.1, 0.15) is 96.8 Å². The molecule has 0 heteroatoms. The van der Waals surface area contributed by atoms with Crippen LogP contribution in [0.15, 0.2) is 24.8 Å². The van der Waals surface area contributed by atoms with Gasteiger partial charge in [-0.2, -0.15) is 0 Å². The molecule has 0 aromatic heterocycles. The third kappa shape index (κ3) is 5.48. The lowest BCUT2D eigenvalue weighted by Gasteiger charge is -2.41. The van der Waals surface area contributed by atoms with Crippen LogP contribution in [0.25, 0.3) is 0 Å². The van der Waals surface area contributed by atoms with Gasteiger partial charge in [-0.1, -0.05) is 31.1 Å². The highest BCUT2D eigenvalue weighted by atomic mass is 14.4. The number of hydrogen-bond acceptors (Lipinski definition) is 0. The molecule has 3 fully saturated rings. The van der Waals surface area contributed by atoms with Crippen molar-refractivity contribution in [2.45, 2.75) is 96.8 Å². The van der Waals surface area contributed by atoms with E-state index in [-0.39, 0.29) is 0 Å². The molecule has 3 rings (SSSR count). The third-order valence-corrected chi connectivity index (χ3v) is 8.17. The molecule has 0 bridgehead atoms. The number of hydrogen-bond donors (Lipinski definition) is 0. The van der Waals surface area contributed by atoms with Crippen molar-refractivity contribution in [1.29, 1.82) is 0 Å². The first-order valence-electron chi connectivity index (χ1n) is 11.5. The Balaban J connectivity index is 1.35. The molecule has 3 aliphatic rings. The van der Waals surface area contributed by atoms with Crippen molar-refractivity contribution >= 4 is 0 Å². The Morgan fingerprint density at radius 3 is 1.56 bits per heavy atom. The molecular weight excluding hydrogens is 300 g/mol. The van der Waals surface area contributed by atoms with Gasteiger partial charge < -0.3 is 0 Å².